The molecular formula is C8H9ClO4S. The van der Waals surface area contributed by atoms with Crippen LogP contribution in [0.4, 0.5) is 0 Å². The van der Waals surface area contributed by atoms with Crippen molar-refractivity contribution in [3.05, 3.63) is 34.3 Å². The number of aliphatic hydroxyl groups excluding tert-OH is 1. The van der Waals surface area contributed by atoms with Crippen molar-refractivity contribution in [2.24, 2.45) is 0 Å². The van der Waals surface area contributed by atoms with Crippen LogP contribution in [0.3, 0.4) is 0 Å². The van der Waals surface area contributed by atoms with E-state index in [1.165, 1.54) is 18.2 Å². The topological polar surface area (TPSA) is 74.6 Å². The predicted octanol–water partition coefficient (Wildman–Crippen LogP) is 1.53. The highest BCUT2D eigenvalue weighted by Crippen LogP contribution is 2.24. The van der Waals surface area contributed by atoms with Gasteiger partial charge in [-0.1, -0.05) is 17.7 Å². The van der Waals surface area contributed by atoms with E-state index in [-0.39, 0.29) is 5.56 Å². The van der Waals surface area contributed by atoms with E-state index < -0.39 is 15.6 Å². The van der Waals surface area contributed by atoms with Crippen LogP contribution in [-0.2, 0) is 10.1 Å². The minimum atomic E-state index is -4.48. The Morgan fingerprint density at radius 1 is 1.43 bits per heavy atom. The molecule has 0 bridgehead atoms. The van der Waals surface area contributed by atoms with Gasteiger partial charge in [-0.15, -0.1) is 0 Å². The molecule has 1 aromatic carbocycles. The largest absolute Gasteiger partial charge is 0.371 e. The van der Waals surface area contributed by atoms with Crippen molar-refractivity contribution in [2.45, 2.75) is 12.4 Å². The van der Waals surface area contributed by atoms with E-state index in [1.807, 2.05) is 0 Å². The predicted molar refractivity (Wildman–Crippen MR) is 52.7 cm³/mol. The second-order valence-corrected chi connectivity index (χ2v) is 4.78. The Morgan fingerprint density at radius 3 is 2.43 bits per heavy atom. The van der Waals surface area contributed by atoms with E-state index in [4.69, 9.17) is 16.2 Å². The van der Waals surface area contributed by atoms with Gasteiger partial charge in [-0.05, 0) is 24.6 Å². The van der Waals surface area contributed by atoms with Gasteiger partial charge in [0.05, 0.1) is 0 Å². The Kier molecular flexibility index (Phi) is 3.16. The third kappa shape index (κ3) is 2.45. The summed E-state index contributed by atoms with van der Waals surface area (Å²) in [6.45, 7) is 1.59. The fraction of sp³-hybridized carbons (Fsp3) is 0.250. The Morgan fingerprint density at radius 2 is 2.00 bits per heavy atom. The highest BCUT2D eigenvalue weighted by Gasteiger charge is 2.23. The Labute approximate surface area is 86.9 Å². The number of rotatable bonds is 2. The molecule has 0 aromatic heterocycles. The standard InChI is InChI=1S/C8H9ClO4S/c1-5-4-6(9)2-3-7(5)8(10)14(11,12)13/h2-4,8,10H,1H3,(H,11,12,13). The summed E-state index contributed by atoms with van der Waals surface area (Å²) in [6, 6.07) is 4.31. The second-order valence-electron chi connectivity index (χ2n) is 2.87. The maximum atomic E-state index is 10.6. The van der Waals surface area contributed by atoms with E-state index >= 15 is 0 Å². The Hall–Kier alpha value is -0.620. The minimum Gasteiger partial charge on any atom is -0.371 e. The van der Waals surface area contributed by atoms with E-state index in [0.717, 1.165) is 0 Å². The molecule has 1 rings (SSSR count). The van der Waals surface area contributed by atoms with Crippen LogP contribution in [0.1, 0.15) is 16.6 Å². The lowest BCUT2D eigenvalue weighted by Gasteiger charge is -2.10. The van der Waals surface area contributed by atoms with Gasteiger partial charge in [0.1, 0.15) is 0 Å². The normalized spacial score (nSPS) is 14.0. The molecule has 0 saturated heterocycles. The summed E-state index contributed by atoms with van der Waals surface area (Å²) in [5.41, 5.74) is -1.29. The summed E-state index contributed by atoms with van der Waals surface area (Å²) in [7, 11) is -4.48. The summed E-state index contributed by atoms with van der Waals surface area (Å²) >= 11 is 5.64. The summed E-state index contributed by atoms with van der Waals surface area (Å²) in [4.78, 5) is 0. The average Bonchev–Trinajstić information content (AvgIpc) is 2.01. The first-order valence-corrected chi connectivity index (χ1v) is 5.61. The van der Waals surface area contributed by atoms with Crippen molar-refractivity contribution < 1.29 is 18.1 Å². The smallest absolute Gasteiger partial charge is 0.296 e. The minimum absolute atomic E-state index is 0.122. The number of hydrogen-bond donors (Lipinski definition) is 2. The number of aliphatic hydroxyl groups is 1. The van der Waals surface area contributed by atoms with Crippen LogP contribution in [0, 0.1) is 6.92 Å². The highest BCUT2D eigenvalue weighted by molar-refractivity contribution is 7.85. The fourth-order valence-electron chi connectivity index (χ4n) is 1.08. The first kappa shape index (κ1) is 11.5. The summed E-state index contributed by atoms with van der Waals surface area (Å²) in [5, 5.41) is 9.69. The molecule has 0 aliphatic carbocycles. The SMILES string of the molecule is Cc1cc(Cl)ccc1C(O)S(=O)(=O)O. The number of aryl methyl sites for hydroxylation is 1. The van der Waals surface area contributed by atoms with Gasteiger partial charge < -0.3 is 5.11 Å². The summed E-state index contributed by atoms with van der Waals surface area (Å²) in [5.74, 6) is 0. The lowest BCUT2D eigenvalue weighted by atomic mass is 10.1. The molecule has 0 fully saturated rings. The number of halogens is 1. The van der Waals surface area contributed by atoms with Gasteiger partial charge in [-0.25, -0.2) is 0 Å². The Balaban J connectivity index is 3.21. The van der Waals surface area contributed by atoms with Crippen LogP contribution in [0.2, 0.25) is 5.02 Å². The van der Waals surface area contributed by atoms with E-state index in [2.05, 4.69) is 0 Å². The molecule has 0 saturated carbocycles. The van der Waals surface area contributed by atoms with Crippen molar-refractivity contribution in [3.8, 4) is 0 Å². The molecule has 0 heterocycles. The maximum absolute atomic E-state index is 10.6. The molecule has 1 aromatic rings. The zero-order valence-corrected chi connectivity index (χ0v) is 8.88. The zero-order chi connectivity index (χ0) is 10.9. The molecule has 1 unspecified atom stereocenters. The molecule has 4 nitrogen and oxygen atoms in total. The van der Waals surface area contributed by atoms with Gasteiger partial charge in [-0.2, -0.15) is 8.42 Å². The van der Waals surface area contributed by atoms with Crippen LogP contribution in [-0.4, -0.2) is 18.1 Å². The van der Waals surface area contributed by atoms with Crippen molar-refractivity contribution in [2.75, 3.05) is 0 Å². The lowest BCUT2D eigenvalue weighted by molar-refractivity contribution is 0.237. The first-order chi connectivity index (χ1) is 6.32. The van der Waals surface area contributed by atoms with Gasteiger partial charge in [0.25, 0.3) is 10.1 Å². The molecule has 14 heavy (non-hydrogen) atoms. The van der Waals surface area contributed by atoms with E-state index in [1.54, 1.807) is 6.92 Å². The molecule has 0 aliphatic heterocycles. The molecule has 0 radical (unpaired) electrons. The number of hydrogen-bond acceptors (Lipinski definition) is 3. The fourth-order valence-corrected chi connectivity index (χ4v) is 1.89. The van der Waals surface area contributed by atoms with Crippen LogP contribution >= 0.6 is 11.6 Å². The third-order valence-electron chi connectivity index (χ3n) is 1.78. The summed E-state index contributed by atoms with van der Waals surface area (Å²) in [6.07, 6.45) is 0. The van der Waals surface area contributed by atoms with Gasteiger partial charge >= 0.3 is 0 Å². The molecule has 1 atom stereocenters. The van der Waals surface area contributed by atoms with Gasteiger partial charge in [0.15, 0.2) is 0 Å². The Bertz CT molecular complexity index is 441. The van der Waals surface area contributed by atoms with Crippen LogP contribution < -0.4 is 0 Å². The molecule has 0 amide bonds. The molecular weight excluding hydrogens is 228 g/mol. The van der Waals surface area contributed by atoms with Gasteiger partial charge in [0.2, 0.25) is 5.44 Å². The quantitative estimate of drug-likeness (QED) is 0.764. The van der Waals surface area contributed by atoms with Crippen LogP contribution in [0.15, 0.2) is 18.2 Å². The van der Waals surface area contributed by atoms with Crippen molar-refractivity contribution >= 4 is 21.7 Å². The van der Waals surface area contributed by atoms with Gasteiger partial charge in [0, 0.05) is 10.6 Å². The third-order valence-corrected chi connectivity index (χ3v) is 2.83. The average molecular weight is 237 g/mol. The van der Waals surface area contributed by atoms with E-state index in [0.29, 0.717) is 10.6 Å². The zero-order valence-electron chi connectivity index (χ0n) is 7.31. The molecule has 78 valence electrons. The summed E-state index contributed by atoms with van der Waals surface area (Å²) < 4.78 is 29.9. The monoisotopic (exact) mass is 236 g/mol. The highest BCUT2D eigenvalue weighted by atomic mass is 35.5. The number of benzene rings is 1. The second kappa shape index (κ2) is 3.86. The van der Waals surface area contributed by atoms with Crippen molar-refractivity contribution in [3.63, 3.8) is 0 Å². The molecule has 0 spiro atoms. The maximum Gasteiger partial charge on any atom is 0.296 e. The van der Waals surface area contributed by atoms with E-state index in [9.17, 15) is 13.5 Å². The molecule has 0 aliphatic rings. The first-order valence-electron chi connectivity index (χ1n) is 3.73. The van der Waals surface area contributed by atoms with Crippen molar-refractivity contribution in [1.29, 1.82) is 0 Å². The van der Waals surface area contributed by atoms with Gasteiger partial charge in [-0.3, -0.25) is 4.55 Å². The van der Waals surface area contributed by atoms with Crippen molar-refractivity contribution in [1.82, 2.24) is 0 Å². The molecule has 6 heteroatoms. The van der Waals surface area contributed by atoms with Crippen LogP contribution in [0.5, 0.6) is 0 Å². The van der Waals surface area contributed by atoms with Crippen LogP contribution in [0.25, 0.3) is 0 Å². The molecule has 2 N–H and O–H groups in total. The lowest BCUT2D eigenvalue weighted by Crippen LogP contribution is -2.12.